The molecule has 18 heavy (non-hydrogen) atoms. The lowest BCUT2D eigenvalue weighted by molar-refractivity contribution is -0.137. The van der Waals surface area contributed by atoms with Gasteiger partial charge < -0.3 is 15.7 Å². The molecule has 0 spiro atoms. The van der Waals surface area contributed by atoms with Crippen LogP contribution in [0.15, 0.2) is 0 Å². The summed E-state index contributed by atoms with van der Waals surface area (Å²) in [5.41, 5.74) is 5.68. The maximum atomic E-state index is 12.5. The van der Waals surface area contributed by atoms with Crippen molar-refractivity contribution < 1.29 is 9.90 Å². The van der Waals surface area contributed by atoms with E-state index in [0.717, 1.165) is 25.7 Å². The summed E-state index contributed by atoms with van der Waals surface area (Å²) in [6.07, 6.45) is 5.54. The minimum atomic E-state index is -0.329. The number of nitrogens with zero attached hydrogens (tertiary/aromatic N) is 1. The first-order valence-electron chi connectivity index (χ1n) is 6.82. The van der Waals surface area contributed by atoms with Gasteiger partial charge in [0.25, 0.3) is 0 Å². The standard InChI is InChI=1S/C13H24N2O2S/c1-2-5-11(12(14)18)13(17)15(8-4-9-16)10-6-3-7-10/h10-11,16H,2-9H2,1H3,(H2,14,18). The van der Waals surface area contributed by atoms with Crippen LogP contribution in [0.1, 0.15) is 45.4 Å². The van der Waals surface area contributed by atoms with Crippen LogP contribution in [0.3, 0.4) is 0 Å². The molecule has 1 aliphatic carbocycles. The number of carbonyl (C=O) groups is 1. The van der Waals surface area contributed by atoms with E-state index >= 15 is 0 Å². The number of hydrogen-bond acceptors (Lipinski definition) is 3. The van der Waals surface area contributed by atoms with Crippen LogP contribution in [-0.4, -0.2) is 40.1 Å². The third-order valence-electron chi connectivity index (χ3n) is 3.57. The van der Waals surface area contributed by atoms with E-state index in [-0.39, 0.29) is 18.4 Å². The lowest BCUT2D eigenvalue weighted by Crippen LogP contribution is -2.49. The largest absolute Gasteiger partial charge is 0.396 e. The van der Waals surface area contributed by atoms with Crippen molar-refractivity contribution >= 4 is 23.1 Å². The predicted octanol–water partition coefficient (Wildman–Crippen LogP) is 1.45. The highest BCUT2D eigenvalue weighted by Gasteiger charge is 2.33. The van der Waals surface area contributed by atoms with E-state index < -0.39 is 0 Å². The summed E-state index contributed by atoms with van der Waals surface area (Å²) >= 11 is 5.01. The van der Waals surface area contributed by atoms with Gasteiger partial charge in [0.2, 0.25) is 5.91 Å². The van der Waals surface area contributed by atoms with Crippen molar-refractivity contribution in [3.05, 3.63) is 0 Å². The topological polar surface area (TPSA) is 66.6 Å². The quantitative estimate of drug-likeness (QED) is 0.656. The van der Waals surface area contributed by atoms with Crippen LogP contribution in [0.5, 0.6) is 0 Å². The smallest absolute Gasteiger partial charge is 0.232 e. The monoisotopic (exact) mass is 272 g/mol. The maximum absolute atomic E-state index is 12.5. The molecular formula is C13H24N2O2S. The predicted molar refractivity (Wildman–Crippen MR) is 76.2 cm³/mol. The zero-order chi connectivity index (χ0) is 13.5. The van der Waals surface area contributed by atoms with Gasteiger partial charge in [-0.25, -0.2) is 0 Å². The maximum Gasteiger partial charge on any atom is 0.232 e. The fraction of sp³-hybridized carbons (Fsp3) is 0.846. The Morgan fingerprint density at radius 1 is 1.56 bits per heavy atom. The Balaban J connectivity index is 2.68. The number of amides is 1. The Hall–Kier alpha value is -0.680. The SMILES string of the molecule is CCCC(C(=O)N(CCCO)C1CCC1)C(N)=S. The van der Waals surface area contributed by atoms with Gasteiger partial charge in [-0.3, -0.25) is 4.79 Å². The van der Waals surface area contributed by atoms with Crippen LogP contribution in [0, 0.1) is 5.92 Å². The number of nitrogens with two attached hydrogens (primary N) is 1. The Labute approximate surface area is 115 Å². The zero-order valence-electron chi connectivity index (χ0n) is 11.1. The van der Waals surface area contributed by atoms with Crippen LogP contribution in [0.25, 0.3) is 0 Å². The Morgan fingerprint density at radius 2 is 2.22 bits per heavy atom. The van der Waals surface area contributed by atoms with Crippen LogP contribution >= 0.6 is 12.2 Å². The number of aliphatic hydroxyl groups is 1. The molecule has 104 valence electrons. The van der Waals surface area contributed by atoms with Gasteiger partial charge in [-0.1, -0.05) is 25.6 Å². The second-order valence-corrected chi connectivity index (χ2v) is 5.41. The van der Waals surface area contributed by atoms with Gasteiger partial charge in [-0.2, -0.15) is 0 Å². The van der Waals surface area contributed by atoms with Crippen LogP contribution < -0.4 is 5.73 Å². The minimum absolute atomic E-state index is 0.0579. The summed E-state index contributed by atoms with van der Waals surface area (Å²) in [5, 5.41) is 8.93. The molecule has 1 rings (SSSR count). The van der Waals surface area contributed by atoms with E-state index in [9.17, 15) is 4.79 Å². The Bertz CT molecular complexity index is 293. The van der Waals surface area contributed by atoms with E-state index in [1.54, 1.807) is 0 Å². The fourth-order valence-electron chi connectivity index (χ4n) is 2.29. The van der Waals surface area contributed by atoms with Crippen LogP contribution in [-0.2, 0) is 4.79 Å². The molecule has 0 aliphatic heterocycles. The van der Waals surface area contributed by atoms with Crippen molar-refractivity contribution in [2.24, 2.45) is 11.7 Å². The van der Waals surface area contributed by atoms with Crippen LogP contribution in [0.4, 0.5) is 0 Å². The van der Waals surface area contributed by atoms with Crippen molar-refractivity contribution in [3.8, 4) is 0 Å². The number of thiocarbonyl (C=S) groups is 1. The lowest BCUT2D eigenvalue weighted by atomic mass is 9.89. The first-order chi connectivity index (χ1) is 8.61. The normalized spacial score (nSPS) is 17.0. The van der Waals surface area contributed by atoms with Crippen molar-refractivity contribution in [3.63, 3.8) is 0 Å². The average molecular weight is 272 g/mol. The van der Waals surface area contributed by atoms with Crippen LogP contribution in [0.2, 0.25) is 0 Å². The van der Waals surface area contributed by atoms with Gasteiger partial charge >= 0.3 is 0 Å². The molecule has 1 fully saturated rings. The number of hydrogen-bond donors (Lipinski definition) is 2. The third kappa shape index (κ3) is 3.92. The molecule has 0 bridgehead atoms. The van der Waals surface area contributed by atoms with Crippen molar-refractivity contribution in [2.75, 3.05) is 13.2 Å². The first kappa shape index (κ1) is 15.4. The highest BCUT2D eigenvalue weighted by atomic mass is 32.1. The van der Waals surface area contributed by atoms with E-state index in [1.165, 1.54) is 6.42 Å². The number of rotatable bonds is 8. The Kier molecular flexibility index (Phi) is 6.57. The summed E-state index contributed by atoms with van der Waals surface area (Å²) in [6, 6.07) is 0.331. The van der Waals surface area contributed by atoms with E-state index in [2.05, 4.69) is 0 Å². The average Bonchev–Trinajstić information content (AvgIpc) is 2.27. The van der Waals surface area contributed by atoms with Crippen molar-refractivity contribution in [2.45, 2.75) is 51.5 Å². The van der Waals surface area contributed by atoms with Gasteiger partial charge in [-0.05, 0) is 32.1 Å². The highest BCUT2D eigenvalue weighted by molar-refractivity contribution is 7.80. The first-order valence-corrected chi connectivity index (χ1v) is 7.23. The zero-order valence-corrected chi connectivity index (χ0v) is 11.9. The summed E-state index contributed by atoms with van der Waals surface area (Å²) in [6.45, 7) is 2.75. The van der Waals surface area contributed by atoms with Gasteiger partial charge in [-0.15, -0.1) is 0 Å². The molecule has 0 aromatic heterocycles. The summed E-state index contributed by atoms with van der Waals surface area (Å²) < 4.78 is 0. The second-order valence-electron chi connectivity index (χ2n) is 4.94. The molecule has 5 heteroatoms. The summed E-state index contributed by atoms with van der Waals surface area (Å²) in [5.74, 6) is -0.271. The minimum Gasteiger partial charge on any atom is -0.396 e. The van der Waals surface area contributed by atoms with Gasteiger partial charge in [0.05, 0.1) is 10.9 Å². The molecule has 1 saturated carbocycles. The Morgan fingerprint density at radius 3 is 2.61 bits per heavy atom. The number of aliphatic hydroxyl groups excluding tert-OH is 1. The second kappa shape index (κ2) is 7.69. The summed E-state index contributed by atoms with van der Waals surface area (Å²) in [4.78, 5) is 14.7. The number of carbonyl (C=O) groups excluding carboxylic acids is 1. The fourth-order valence-corrected chi connectivity index (χ4v) is 2.51. The molecule has 1 amide bonds. The molecule has 0 radical (unpaired) electrons. The molecule has 0 saturated heterocycles. The summed E-state index contributed by atoms with van der Waals surface area (Å²) in [7, 11) is 0. The molecule has 3 N–H and O–H groups in total. The van der Waals surface area contributed by atoms with Crippen molar-refractivity contribution in [1.29, 1.82) is 0 Å². The molecule has 0 aromatic rings. The molecular weight excluding hydrogens is 248 g/mol. The third-order valence-corrected chi connectivity index (χ3v) is 3.86. The van der Waals surface area contributed by atoms with E-state index in [0.29, 0.717) is 24.0 Å². The molecule has 1 atom stereocenters. The van der Waals surface area contributed by atoms with Gasteiger partial charge in [0.1, 0.15) is 0 Å². The van der Waals surface area contributed by atoms with Crippen molar-refractivity contribution in [1.82, 2.24) is 4.90 Å². The van der Waals surface area contributed by atoms with Gasteiger partial charge in [0.15, 0.2) is 0 Å². The molecule has 1 aliphatic rings. The lowest BCUT2D eigenvalue weighted by Gasteiger charge is -2.39. The molecule has 0 heterocycles. The van der Waals surface area contributed by atoms with E-state index in [1.807, 2.05) is 11.8 Å². The molecule has 1 unspecified atom stereocenters. The molecule has 4 nitrogen and oxygen atoms in total. The molecule has 0 aromatic carbocycles. The highest BCUT2D eigenvalue weighted by Crippen LogP contribution is 2.27. The van der Waals surface area contributed by atoms with E-state index in [4.69, 9.17) is 23.1 Å². The van der Waals surface area contributed by atoms with Gasteiger partial charge in [0, 0.05) is 19.2 Å².